The van der Waals surface area contributed by atoms with Gasteiger partial charge in [-0.25, -0.2) is 4.79 Å². The van der Waals surface area contributed by atoms with Gasteiger partial charge in [-0.3, -0.25) is 4.79 Å². The van der Waals surface area contributed by atoms with Crippen LogP contribution in [-0.2, 0) is 4.74 Å². The van der Waals surface area contributed by atoms with Gasteiger partial charge in [0.15, 0.2) is 0 Å². The summed E-state index contributed by atoms with van der Waals surface area (Å²) in [5, 5.41) is 0.255. The lowest BCUT2D eigenvalue weighted by Crippen LogP contribution is -2.06. The zero-order chi connectivity index (χ0) is 11.4. The minimum absolute atomic E-state index is 0.0979. The van der Waals surface area contributed by atoms with E-state index < -0.39 is 5.97 Å². The molecule has 1 rings (SSSR count). The summed E-state index contributed by atoms with van der Waals surface area (Å²) >= 11 is 11.5. The van der Waals surface area contributed by atoms with Gasteiger partial charge in [-0.05, 0) is 19.1 Å². The SMILES string of the molecule is CCOC(=O)c1cc(C=O)cc(Cl)c1Cl. The second-order valence-electron chi connectivity index (χ2n) is 2.70. The Labute approximate surface area is 96.9 Å². The van der Waals surface area contributed by atoms with Crippen molar-refractivity contribution >= 4 is 35.5 Å². The number of hydrogen-bond acceptors (Lipinski definition) is 3. The van der Waals surface area contributed by atoms with E-state index in [2.05, 4.69) is 0 Å². The van der Waals surface area contributed by atoms with Crippen LogP contribution in [0.5, 0.6) is 0 Å². The van der Waals surface area contributed by atoms with E-state index in [1.165, 1.54) is 12.1 Å². The Balaban J connectivity index is 3.21. The third kappa shape index (κ3) is 2.70. The fourth-order valence-corrected chi connectivity index (χ4v) is 1.45. The molecule has 0 radical (unpaired) electrons. The number of esters is 1. The molecule has 1 aromatic carbocycles. The van der Waals surface area contributed by atoms with E-state index in [1.807, 2.05) is 0 Å². The van der Waals surface area contributed by atoms with Gasteiger partial charge in [-0.1, -0.05) is 23.2 Å². The third-order valence-electron chi connectivity index (χ3n) is 1.68. The Bertz CT molecular complexity index is 402. The van der Waals surface area contributed by atoms with E-state index in [-0.39, 0.29) is 27.8 Å². The monoisotopic (exact) mass is 246 g/mol. The third-order valence-corrected chi connectivity index (χ3v) is 2.48. The minimum Gasteiger partial charge on any atom is -0.462 e. The lowest BCUT2D eigenvalue weighted by molar-refractivity contribution is 0.0526. The zero-order valence-corrected chi connectivity index (χ0v) is 9.43. The van der Waals surface area contributed by atoms with Crippen LogP contribution in [0.1, 0.15) is 27.6 Å². The molecule has 0 spiro atoms. The molecule has 5 heteroatoms. The number of rotatable bonds is 3. The van der Waals surface area contributed by atoms with E-state index in [0.717, 1.165) is 0 Å². The Hall–Kier alpha value is -1.06. The Morgan fingerprint density at radius 1 is 1.47 bits per heavy atom. The average Bonchev–Trinajstić information content (AvgIpc) is 2.22. The highest BCUT2D eigenvalue weighted by molar-refractivity contribution is 6.44. The smallest absolute Gasteiger partial charge is 0.339 e. The molecule has 0 heterocycles. The molecular weight excluding hydrogens is 239 g/mol. The Morgan fingerprint density at radius 3 is 2.67 bits per heavy atom. The summed E-state index contributed by atoms with van der Waals surface area (Å²) in [6, 6.07) is 2.73. The first kappa shape index (κ1) is 12.0. The van der Waals surface area contributed by atoms with Crippen LogP contribution in [0.4, 0.5) is 0 Å². The van der Waals surface area contributed by atoms with Crippen molar-refractivity contribution in [3.8, 4) is 0 Å². The van der Waals surface area contributed by atoms with Crippen LogP contribution in [0.25, 0.3) is 0 Å². The molecule has 0 N–H and O–H groups in total. The second-order valence-corrected chi connectivity index (χ2v) is 3.49. The highest BCUT2D eigenvalue weighted by Gasteiger charge is 2.15. The molecule has 0 aliphatic heterocycles. The molecule has 0 aromatic heterocycles. The van der Waals surface area contributed by atoms with Gasteiger partial charge >= 0.3 is 5.97 Å². The quantitative estimate of drug-likeness (QED) is 0.609. The van der Waals surface area contributed by atoms with Crippen LogP contribution >= 0.6 is 23.2 Å². The number of carbonyl (C=O) groups excluding carboxylic acids is 2. The summed E-state index contributed by atoms with van der Waals surface area (Å²) < 4.78 is 4.77. The summed E-state index contributed by atoms with van der Waals surface area (Å²) in [5.74, 6) is -0.590. The van der Waals surface area contributed by atoms with Crippen LogP contribution < -0.4 is 0 Å². The average molecular weight is 247 g/mol. The molecule has 0 aliphatic rings. The number of carbonyl (C=O) groups is 2. The van der Waals surface area contributed by atoms with Gasteiger partial charge < -0.3 is 4.74 Å². The van der Waals surface area contributed by atoms with Gasteiger partial charge in [-0.15, -0.1) is 0 Å². The lowest BCUT2D eigenvalue weighted by Gasteiger charge is -2.06. The van der Waals surface area contributed by atoms with Crippen LogP contribution in [0.3, 0.4) is 0 Å². The van der Waals surface area contributed by atoms with Crippen molar-refractivity contribution in [3.05, 3.63) is 33.3 Å². The van der Waals surface area contributed by atoms with E-state index in [9.17, 15) is 9.59 Å². The molecule has 0 unspecified atom stereocenters. The van der Waals surface area contributed by atoms with Crippen LogP contribution in [0.15, 0.2) is 12.1 Å². The van der Waals surface area contributed by atoms with Gasteiger partial charge in [-0.2, -0.15) is 0 Å². The van der Waals surface area contributed by atoms with Crippen molar-refractivity contribution in [2.45, 2.75) is 6.92 Å². The maximum absolute atomic E-state index is 11.4. The number of aldehydes is 1. The van der Waals surface area contributed by atoms with Crippen LogP contribution in [0.2, 0.25) is 10.0 Å². The summed E-state index contributed by atoms with van der Waals surface area (Å²) in [7, 11) is 0. The largest absolute Gasteiger partial charge is 0.462 e. The second kappa shape index (κ2) is 5.14. The predicted molar refractivity (Wildman–Crippen MR) is 57.8 cm³/mol. The van der Waals surface area contributed by atoms with Crippen molar-refractivity contribution in [3.63, 3.8) is 0 Å². The van der Waals surface area contributed by atoms with Gasteiger partial charge in [0.1, 0.15) is 6.29 Å². The van der Waals surface area contributed by atoms with E-state index in [0.29, 0.717) is 6.29 Å². The molecule has 15 heavy (non-hydrogen) atoms. The summed E-state index contributed by atoms with van der Waals surface area (Å²) in [5.41, 5.74) is 0.389. The van der Waals surface area contributed by atoms with Gasteiger partial charge in [0.25, 0.3) is 0 Å². The first-order chi connectivity index (χ1) is 7.10. The van der Waals surface area contributed by atoms with Gasteiger partial charge in [0.05, 0.1) is 22.2 Å². The summed E-state index contributed by atoms with van der Waals surface area (Å²) in [6.45, 7) is 1.91. The predicted octanol–water partition coefficient (Wildman–Crippen LogP) is 2.98. The number of hydrogen-bond donors (Lipinski definition) is 0. The number of halogens is 2. The molecule has 0 amide bonds. The molecule has 0 atom stereocenters. The summed E-state index contributed by atoms with van der Waals surface area (Å²) in [6.07, 6.45) is 0.588. The van der Waals surface area contributed by atoms with Gasteiger partial charge in [0, 0.05) is 5.56 Å². The molecule has 0 saturated heterocycles. The maximum atomic E-state index is 11.4. The highest BCUT2D eigenvalue weighted by atomic mass is 35.5. The Morgan fingerprint density at radius 2 is 2.13 bits per heavy atom. The van der Waals surface area contributed by atoms with Crippen LogP contribution in [0, 0.1) is 0 Å². The minimum atomic E-state index is -0.590. The highest BCUT2D eigenvalue weighted by Crippen LogP contribution is 2.27. The number of benzene rings is 1. The van der Waals surface area contributed by atoms with Crippen molar-refractivity contribution < 1.29 is 14.3 Å². The molecule has 80 valence electrons. The van der Waals surface area contributed by atoms with Crippen LogP contribution in [-0.4, -0.2) is 18.9 Å². The maximum Gasteiger partial charge on any atom is 0.339 e. The van der Waals surface area contributed by atoms with E-state index in [4.69, 9.17) is 27.9 Å². The molecule has 1 aromatic rings. The summed E-state index contributed by atoms with van der Waals surface area (Å²) in [4.78, 5) is 22.0. The Kier molecular flexibility index (Phi) is 4.12. The van der Waals surface area contributed by atoms with Crippen molar-refractivity contribution in [1.29, 1.82) is 0 Å². The van der Waals surface area contributed by atoms with E-state index >= 15 is 0 Å². The molecule has 0 bridgehead atoms. The normalized spacial score (nSPS) is 9.80. The van der Waals surface area contributed by atoms with Crippen molar-refractivity contribution in [1.82, 2.24) is 0 Å². The van der Waals surface area contributed by atoms with E-state index in [1.54, 1.807) is 6.92 Å². The molecule has 0 fully saturated rings. The first-order valence-electron chi connectivity index (χ1n) is 4.21. The van der Waals surface area contributed by atoms with Crippen molar-refractivity contribution in [2.75, 3.05) is 6.61 Å². The topological polar surface area (TPSA) is 43.4 Å². The molecule has 3 nitrogen and oxygen atoms in total. The lowest BCUT2D eigenvalue weighted by atomic mass is 10.1. The number of ether oxygens (including phenoxy) is 1. The fraction of sp³-hybridized carbons (Fsp3) is 0.200. The van der Waals surface area contributed by atoms with Gasteiger partial charge in [0.2, 0.25) is 0 Å². The first-order valence-corrected chi connectivity index (χ1v) is 4.97. The standard InChI is InChI=1S/C10H8Cl2O3/c1-2-15-10(14)7-3-6(5-13)4-8(11)9(7)12/h3-5H,2H2,1H3. The fourth-order valence-electron chi connectivity index (χ4n) is 1.04. The molecule has 0 saturated carbocycles. The molecular formula is C10H8Cl2O3. The molecule has 0 aliphatic carbocycles. The van der Waals surface area contributed by atoms with Crippen molar-refractivity contribution in [2.24, 2.45) is 0 Å². The zero-order valence-electron chi connectivity index (χ0n) is 7.92.